The second-order valence-electron chi connectivity index (χ2n) is 5.65. The van der Waals surface area contributed by atoms with Crippen LogP contribution in [0.15, 0.2) is 42.5 Å². The van der Waals surface area contributed by atoms with Crippen LogP contribution in [-0.4, -0.2) is 31.1 Å². The predicted molar refractivity (Wildman–Crippen MR) is 101 cm³/mol. The first-order valence-electron chi connectivity index (χ1n) is 8.17. The monoisotopic (exact) mass is 406 g/mol. The van der Waals surface area contributed by atoms with Gasteiger partial charge in [0.05, 0.1) is 12.7 Å². The normalized spacial score (nSPS) is 11.2. The number of imide groups is 1. The van der Waals surface area contributed by atoms with Crippen molar-refractivity contribution in [3.05, 3.63) is 58.6 Å². The number of rotatable bonds is 7. The summed E-state index contributed by atoms with van der Waals surface area (Å²) < 4.78 is 16.0. The van der Waals surface area contributed by atoms with E-state index >= 15 is 0 Å². The predicted octanol–water partition coefficient (Wildman–Crippen LogP) is 2.67. The van der Waals surface area contributed by atoms with Crippen LogP contribution in [0.1, 0.15) is 22.8 Å². The molecule has 2 rings (SSSR count). The maximum Gasteiger partial charge on any atom is 0.339 e. The fraction of sp³-hybridized carbons (Fsp3) is 0.211. The number of carbonyl (C=O) groups excluding carboxylic acids is 3. The van der Waals surface area contributed by atoms with Crippen LogP contribution in [0.3, 0.4) is 0 Å². The van der Waals surface area contributed by atoms with E-state index in [-0.39, 0.29) is 12.2 Å². The maximum atomic E-state index is 12.2. The van der Waals surface area contributed by atoms with Gasteiger partial charge in [0.15, 0.2) is 17.6 Å². The van der Waals surface area contributed by atoms with Crippen molar-refractivity contribution in [2.24, 2.45) is 5.73 Å². The van der Waals surface area contributed by atoms with Gasteiger partial charge in [-0.2, -0.15) is 0 Å². The van der Waals surface area contributed by atoms with Gasteiger partial charge in [-0.1, -0.05) is 29.8 Å². The summed E-state index contributed by atoms with van der Waals surface area (Å²) in [5.74, 6) is -0.898. The number of methoxy groups -OCH3 is 1. The minimum Gasteiger partial charge on any atom is -0.493 e. The molecule has 0 aliphatic carbocycles. The third-order valence-corrected chi connectivity index (χ3v) is 4.01. The first kappa shape index (κ1) is 21.0. The minimum absolute atomic E-state index is 0.140. The van der Waals surface area contributed by atoms with Crippen molar-refractivity contribution < 1.29 is 28.6 Å². The molecule has 28 heavy (non-hydrogen) atoms. The van der Waals surface area contributed by atoms with Gasteiger partial charge in [0, 0.05) is 10.6 Å². The van der Waals surface area contributed by atoms with Gasteiger partial charge >= 0.3 is 12.0 Å². The molecule has 2 aromatic carbocycles. The molecule has 0 bridgehead atoms. The lowest BCUT2D eigenvalue weighted by Gasteiger charge is -2.14. The number of benzene rings is 2. The average molecular weight is 407 g/mol. The van der Waals surface area contributed by atoms with Crippen LogP contribution in [0.4, 0.5) is 4.79 Å². The largest absolute Gasteiger partial charge is 0.493 e. The van der Waals surface area contributed by atoms with E-state index in [1.165, 1.54) is 26.2 Å². The highest BCUT2D eigenvalue weighted by Crippen LogP contribution is 2.30. The summed E-state index contributed by atoms with van der Waals surface area (Å²) in [6.07, 6.45) is -1.21. The van der Waals surface area contributed by atoms with Crippen LogP contribution in [0, 0.1) is 0 Å². The van der Waals surface area contributed by atoms with E-state index in [1.807, 2.05) is 23.5 Å². The molecular formula is C19H19ClN2O6. The Bertz CT molecular complexity index is 886. The fourth-order valence-electron chi connectivity index (χ4n) is 2.19. The Labute approximate surface area is 166 Å². The Hall–Kier alpha value is -3.26. The lowest BCUT2D eigenvalue weighted by atomic mass is 10.2. The molecule has 0 unspecified atom stereocenters. The molecule has 0 heterocycles. The molecule has 0 saturated heterocycles. The van der Waals surface area contributed by atoms with Gasteiger partial charge in [0.25, 0.3) is 5.91 Å². The summed E-state index contributed by atoms with van der Waals surface area (Å²) in [4.78, 5) is 34.5. The van der Waals surface area contributed by atoms with Crippen LogP contribution < -0.4 is 20.5 Å². The Morgan fingerprint density at radius 3 is 2.50 bits per heavy atom. The second-order valence-corrected chi connectivity index (χ2v) is 6.05. The van der Waals surface area contributed by atoms with Crippen molar-refractivity contribution in [2.75, 3.05) is 7.11 Å². The Morgan fingerprint density at radius 1 is 1.14 bits per heavy atom. The number of urea groups is 1. The zero-order valence-corrected chi connectivity index (χ0v) is 16.0. The lowest BCUT2D eigenvalue weighted by Crippen LogP contribution is -2.42. The molecule has 0 saturated carbocycles. The molecule has 0 radical (unpaired) electrons. The Balaban J connectivity index is 2.07. The third-order valence-electron chi connectivity index (χ3n) is 3.64. The van der Waals surface area contributed by atoms with Gasteiger partial charge in [-0.05, 0) is 31.2 Å². The quantitative estimate of drug-likeness (QED) is 0.682. The van der Waals surface area contributed by atoms with Gasteiger partial charge in [-0.25, -0.2) is 9.59 Å². The summed E-state index contributed by atoms with van der Waals surface area (Å²) >= 11 is 6.10. The number of carbonyl (C=O) groups is 3. The minimum atomic E-state index is -1.21. The average Bonchev–Trinajstić information content (AvgIpc) is 2.66. The number of nitrogens with two attached hydrogens (primary N) is 1. The molecule has 0 fully saturated rings. The molecule has 1 atom stereocenters. The molecular weight excluding hydrogens is 388 g/mol. The molecule has 3 N–H and O–H groups in total. The van der Waals surface area contributed by atoms with Gasteiger partial charge in [-0.3, -0.25) is 10.1 Å². The van der Waals surface area contributed by atoms with Crippen LogP contribution in [-0.2, 0) is 16.1 Å². The third kappa shape index (κ3) is 5.62. The van der Waals surface area contributed by atoms with E-state index in [2.05, 4.69) is 0 Å². The fourth-order valence-corrected chi connectivity index (χ4v) is 2.38. The summed E-state index contributed by atoms with van der Waals surface area (Å²) in [7, 11) is 1.43. The molecule has 0 spiro atoms. The van der Waals surface area contributed by atoms with Crippen molar-refractivity contribution in [3.8, 4) is 11.5 Å². The summed E-state index contributed by atoms with van der Waals surface area (Å²) in [5.41, 5.74) is 5.79. The first-order chi connectivity index (χ1) is 13.3. The van der Waals surface area contributed by atoms with Crippen LogP contribution in [0.25, 0.3) is 0 Å². The standard InChI is InChI=1S/C19H19ClN2O6/c1-11(17(23)22-19(21)25)28-18(24)12-7-8-15(16(9-12)26-2)27-10-13-5-3-4-6-14(13)20/h3-9,11H,10H2,1-2H3,(H3,21,22,23,25)/t11-/m1/s1. The molecule has 2 aromatic rings. The van der Waals surface area contributed by atoms with Gasteiger partial charge < -0.3 is 19.9 Å². The summed E-state index contributed by atoms with van der Waals surface area (Å²) in [5, 5.41) is 2.41. The van der Waals surface area contributed by atoms with Gasteiger partial charge in [-0.15, -0.1) is 0 Å². The smallest absolute Gasteiger partial charge is 0.339 e. The van der Waals surface area contributed by atoms with Gasteiger partial charge in [0.2, 0.25) is 0 Å². The lowest BCUT2D eigenvalue weighted by molar-refractivity contribution is -0.127. The highest BCUT2D eigenvalue weighted by molar-refractivity contribution is 6.31. The van der Waals surface area contributed by atoms with Crippen molar-refractivity contribution in [1.29, 1.82) is 0 Å². The number of hydrogen-bond donors (Lipinski definition) is 2. The van der Waals surface area contributed by atoms with Crippen LogP contribution >= 0.6 is 11.6 Å². The van der Waals surface area contributed by atoms with Crippen LogP contribution in [0.5, 0.6) is 11.5 Å². The topological polar surface area (TPSA) is 117 Å². The SMILES string of the molecule is COc1cc(C(=O)O[C@H](C)C(=O)NC(N)=O)ccc1OCc1ccccc1Cl. The van der Waals surface area contributed by atoms with E-state index < -0.39 is 24.0 Å². The molecule has 0 aromatic heterocycles. The number of amides is 3. The molecule has 8 nitrogen and oxygen atoms in total. The van der Waals surface area contributed by atoms with E-state index in [9.17, 15) is 14.4 Å². The van der Waals surface area contributed by atoms with Gasteiger partial charge in [0.1, 0.15) is 6.61 Å². The number of nitrogens with one attached hydrogen (secondary N) is 1. The first-order valence-corrected chi connectivity index (χ1v) is 8.55. The molecule has 3 amide bonds. The number of hydrogen-bond acceptors (Lipinski definition) is 6. The van der Waals surface area contributed by atoms with Crippen molar-refractivity contribution >= 4 is 29.5 Å². The summed E-state index contributed by atoms with van der Waals surface area (Å²) in [6, 6.07) is 10.6. The van der Waals surface area contributed by atoms with E-state index in [1.54, 1.807) is 12.1 Å². The number of esters is 1. The Morgan fingerprint density at radius 2 is 1.86 bits per heavy atom. The zero-order valence-electron chi connectivity index (χ0n) is 15.2. The zero-order chi connectivity index (χ0) is 20.7. The second kappa shape index (κ2) is 9.61. The van der Waals surface area contributed by atoms with E-state index in [4.69, 9.17) is 31.5 Å². The number of ether oxygens (including phenoxy) is 3. The molecule has 9 heteroatoms. The highest BCUT2D eigenvalue weighted by Gasteiger charge is 2.21. The number of halogens is 1. The molecule has 148 valence electrons. The molecule has 0 aliphatic rings. The van der Waals surface area contributed by atoms with E-state index in [0.717, 1.165) is 5.56 Å². The highest BCUT2D eigenvalue weighted by atomic mass is 35.5. The van der Waals surface area contributed by atoms with E-state index in [0.29, 0.717) is 16.5 Å². The molecule has 0 aliphatic heterocycles. The Kier molecular flexibility index (Phi) is 7.22. The van der Waals surface area contributed by atoms with Crippen molar-refractivity contribution in [3.63, 3.8) is 0 Å². The van der Waals surface area contributed by atoms with Crippen molar-refractivity contribution in [1.82, 2.24) is 5.32 Å². The maximum absolute atomic E-state index is 12.2. The van der Waals surface area contributed by atoms with Crippen molar-refractivity contribution in [2.45, 2.75) is 19.6 Å². The summed E-state index contributed by atoms with van der Waals surface area (Å²) in [6.45, 7) is 1.53. The number of primary amides is 1. The van der Waals surface area contributed by atoms with Crippen LogP contribution in [0.2, 0.25) is 5.02 Å².